The maximum atomic E-state index is 11.7. The molecule has 0 aromatic rings. The van der Waals surface area contributed by atoms with E-state index in [0.717, 1.165) is 12.8 Å². The summed E-state index contributed by atoms with van der Waals surface area (Å²) in [5, 5.41) is 0. The van der Waals surface area contributed by atoms with Gasteiger partial charge in [0.2, 0.25) is 6.10 Å². The van der Waals surface area contributed by atoms with Crippen LogP contribution >= 0.6 is 0 Å². The number of esters is 2. The van der Waals surface area contributed by atoms with E-state index >= 15 is 0 Å². The Balaban J connectivity index is 1.77. The first kappa shape index (κ1) is 9.87. The molecule has 1 aliphatic heterocycles. The fraction of sp³-hybridized carbons (Fsp3) is 0.667. The van der Waals surface area contributed by atoms with E-state index < -0.39 is 18.2 Å². The van der Waals surface area contributed by atoms with Crippen LogP contribution in [0.2, 0.25) is 0 Å². The van der Waals surface area contributed by atoms with E-state index in [0.29, 0.717) is 11.8 Å². The SMILES string of the molecule is CC1OC(=O)C(C2CC3C=CC2C3)OC1=O. The van der Waals surface area contributed by atoms with E-state index in [-0.39, 0.29) is 11.9 Å². The summed E-state index contributed by atoms with van der Waals surface area (Å²) in [6.07, 6.45) is 4.92. The smallest absolute Gasteiger partial charge is 0.348 e. The van der Waals surface area contributed by atoms with Crippen molar-refractivity contribution in [3.63, 3.8) is 0 Å². The van der Waals surface area contributed by atoms with Crippen molar-refractivity contribution in [1.29, 1.82) is 0 Å². The van der Waals surface area contributed by atoms with Crippen LogP contribution in [0.4, 0.5) is 0 Å². The minimum Gasteiger partial charge on any atom is -0.448 e. The Morgan fingerprint density at radius 2 is 1.94 bits per heavy atom. The first-order chi connectivity index (χ1) is 7.65. The predicted octanol–water partition coefficient (Wildman–Crippen LogP) is 1.06. The molecule has 0 radical (unpaired) electrons. The number of rotatable bonds is 1. The summed E-state index contributed by atoms with van der Waals surface area (Å²) in [5.41, 5.74) is 0. The van der Waals surface area contributed by atoms with Crippen LogP contribution in [0.25, 0.3) is 0 Å². The second-order valence-electron chi connectivity index (χ2n) is 4.88. The molecule has 1 saturated carbocycles. The largest absolute Gasteiger partial charge is 0.448 e. The lowest BCUT2D eigenvalue weighted by Gasteiger charge is -2.31. The van der Waals surface area contributed by atoms with Gasteiger partial charge in [-0.2, -0.15) is 0 Å². The van der Waals surface area contributed by atoms with Crippen LogP contribution in [0.1, 0.15) is 19.8 Å². The zero-order valence-corrected chi connectivity index (χ0v) is 9.09. The lowest BCUT2D eigenvalue weighted by Crippen LogP contribution is -2.47. The number of ether oxygens (including phenoxy) is 2. The standard InChI is InChI=1S/C12H14O4/c1-6-11(13)16-10(12(14)15-6)9-5-7-2-3-8(9)4-7/h2-3,6-10H,4-5H2,1H3. The molecule has 2 aliphatic carbocycles. The summed E-state index contributed by atoms with van der Waals surface area (Å²) in [6, 6.07) is 0. The molecule has 16 heavy (non-hydrogen) atoms. The molecule has 2 bridgehead atoms. The minimum absolute atomic E-state index is 0.124. The summed E-state index contributed by atoms with van der Waals surface area (Å²) >= 11 is 0. The third-order valence-electron chi connectivity index (χ3n) is 3.82. The number of carbonyl (C=O) groups is 2. The first-order valence-corrected chi connectivity index (χ1v) is 5.74. The van der Waals surface area contributed by atoms with Crippen LogP contribution in [-0.2, 0) is 19.1 Å². The van der Waals surface area contributed by atoms with Gasteiger partial charge in [-0.05, 0) is 31.6 Å². The van der Waals surface area contributed by atoms with E-state index in [1.807, 2.05) is 0 Å². The number of hydrogen-bond acceptors (Lipinski definition) is 4. The van der Waals surface area contributed by atoms with Crippen molar-refractivity contribution in [2.24, 2.45) is 17.8 Å². The van der Waals surface area contributed by atoms with Crippen molar-refractivity contribution in [3.8, 4) is 0 Å². The molecule has 5 atom stereocenters. The number of carbonyl (C=O) groups excluding carboxylic acids is 2. The molecule has 2 fully saturated rings. The molecule has 86 valence electrons. The molecule has 0 spiro atoms. The number of allylic oxidation sites excluding steroid dienone is 2. The highest BCUT2D eigenvalue weighted by Crippen LogP contribution is 2.46. The molecule has 3 aliphatic rings. The minimum atomic E-state index is -0.752. The van der Waals surface area contributed by atoms with Gasteiger partial charge in [-0.3, -0.25) is 0 Å². The topological polar surface area (TPSA) is 52.6 Å². The average molecular weight is 222 g/mol. The predicted molar refractivity (Wildman–Crippen MR) is 54.3 cm³/mol. The highest BCUT2D eigenvalue weighted by atomic mass is 16.6. The molecule has 0 amide bonds. The quantitative estimate of drug-likeness (QED) is 0.491. The highest BCUT2D eigenvalue weighted by molar-refractivity contribution is 5.87. The molecule has 4 heteroatoms. The van der Waals surface area contributed by atoms with Crippen molar-refractivity contribution in [3.05, 3.63) is 12.2 Å². The number of cyclic esters (lactones) is 2. The number of fused-ring (bicyclic) bond motifs is 2. The average Bonchev–Trinajstić information content (AvgIpc) is 2.84. The van der Waals surface area contributed by atoms with Crippen molar-refractivity contribution in [2.45, 2.75) is 32.0 Å². The summed E-state index contributed by atoms with van der Waals surface area (Å²) in [7, 11) is 0. The molecule has 5 unspecified atom stereocenters. The van der Waals surface area contributed by atoms with Gasteiger partial charge in [0.25, 0.3) is 0 Å². The summed E-state index contributed by atoms with van der Waals surface area (Å²) in [4.78, 5) is 23.1. The Hall–Kier alpha value is -1.32. The molecule has 0 aromatic heterocycles. The second kappa shape index (κ2) is 3.34. The van der Waals surface area contributed by atoms with Gasteiger partial charge >= 0.3 is 11.9 Å². The third kappa shape index (κ3) is 1.36. The van der Waals surface area contributed by atoms with Gasteiger partial charge in [0, 0.05) is 5.92 Å². The zero-order valence-electron chi connectivity index (χ0n) is 9.09. The molecule has 0 N–H and O–H groups in total. The van der Waals surface area contributed by atoms with Gasteiger partial charge in [-0.25, -0.2) is 9.59 Å². The van der Waals surface area contributed by atoms with Crippen LogP contribution in [0.15, 0.2) is 12.2 Å². The summed E-state index contributed by atoms with van der Waals surface area (Å²) < 4.78 is 10.2. The Kier molecular flexibility index (Phi) is 2.06. The molecule has 1 heterocycles. The lowest BCUT2D eigenvalue weighted by molar-refractivity contribution is -0.198. The van der Waals surface area contributed by atoms with E-state index in [4.69, 9.17) is 9.47 Å². The molecule has 1 saturated heterocycles. The third-order valence-corrected chi connectivity index (χ3v) is 3.82. The van der Waals surface area contributed by atoms with Gasteiger partial charge in [0.1, 0.15) is 0 Å². The van der Waals surface area contributed by atoms with Crippen LogP contribution in [0.5, 0.6) is 0 Å². The zero-order chi connectivity index (χ0) is 11.3. The number of hydrogen-bond donors (Lipinski definition) is 0. The monoisotopic (exact) mass is 222 g/mol. The van der Waals surface area contributed by atoms with Gasteiger partial charge in [-0.1, -0.05) is 12.2 Å². The van der Waals surface area contributed by atoms with E-state index in [1.54, 1.807) is 0 Å². The van der Waals surface area contributed by atoms with Crippen LogP contribution in [0, 0.1) is 17.8 Å². The van der Waals surface area contributed by atoms with Crippen molar-refractivity contribution < 1.29 is 19.1 Å². The Labute approximate surface area is 93.6 Å². The highest BCUT2D eigenvalue weighted by Gasteiger charge is 2.48. The van der Waals surface area contributed by atoms with Gasteiger partial charge < -0.3 is 9.47 Å². The van der Waals surface area contributed by atoms with E-state index in [1.165, 1.54) is 6.92 Å². The fourth-order valence-corrected chi connectivity index (χ4v) is 2.99. The van der Waals surface area contributed by atoms with E-state index in [9.17, 15) is 9.59 Å². The van der Waals surface area contributed by atoms with Gasteiger partial charge in [0.15, 0.2) is 6.10 Å². The maximum Gasteiger partial charge on any atom is 0.348 e. The van der Waals surface area contributed by atoms with Gasteiger partial charge in [-0.15, -0.1) is 0 Å². The van der Waals surface area contributed by atoms with Crippen LogP contribution in [-0.4, -0.2) is 24.1 Å². The Morgan fingerprint density at radius 1 is 1.12 bits per heavy atom. The molecule has 0 aromatic carbocycles. The molecular weight excluding hydrogens is 208 g/mol. The van der Waals surface area contributed by atoms with E-state index in [2.05, 4.69) is 12.2 Å². The van der Waals surface area contributed by atoms with Crippen molar-refractivity contribution >= 4 is 11.9 Å². The fourth-order valence-electron chi connectivity index (χ4n) is 2.99. The molecule has 4 nitrogen and oxygen atoms in total. The Bertz CT molecular complexity index is 373. The van der Waals surface area contributed by atoms with Crippen molar-refractivity contribution in [1.82, 2.24) is 0 Å². The molecule has 3 rings (SSSR count). The van der Waals surface area contributed by atoms with Crippen LogP contribution < -0.4 is 0 Å². The first-order valence-electron chi connectivity index (χ1n) is 5.74. The summed E-state index contributed by atoms with van der Waals surface area (Å²) in [6.45, 7) is 1.54. The Morgan fingerprint density at radius 3 is 2.56 bits per heavy atom. The normalized spacial score (nSPS) is 45.7. The lowest BCUT2D eigenvalue weighted by atomic mass is 9.88. The molecular formula is C12H14O4. The van der Waals surface area contributed by atoms with Gasteiger partial charge in [0.05, 0.1) is 0 Å². The second-order valence-corrected chi connectivity index (χ2v) is 4.88. The van der Waals surface area contributed by atoms with Crippen LogP contribution in [0.3, 0.4) is 0 Å². The van der Waals surface area contributed by atoms with Crippen molar-refractivity contribution in [2.75, 3.05) is 0 Å². The summed E-state index contributed by atoms with van der Waals surface area (Å²) in [5.74, 6) is 0.262. The maximum absolute atomic E-state index is 11.7.